The predicted octanol–water partition coefficient (Wildman–Crippen LogP) is 5.74. The summed E-state index contributed by atoms with van der Waals surface area (Å²) in [5, 5.41) is 18.0. The van der Waals surface area contributed by atoms with E-state index in [1.165, 1.54) is 29.7 Å². The highest BCUT2D eigenvalue weighted by atomic mass is 19.1. The van der Waals surface area contributed by atoms with Crippen LogP contribution in [-0.2, 0) is 28.6 Å². The zero-order valence-electron chi connectivity index (χ0n) is 23.7. The first-order valence-corrected chi connectivity index (χ1v) is 14.2. The number of amides is 1. The van der Waals surface area contributed by atoms with Crippen LogP contribution < -0.4 is 10.6 Å². The van der Waals surface area contributed by atoms with Gasteiger partial charge in [0.05, 0.1) is 18.6 Å². The first-order valence-electron chi connectivity index (χ1n) is 14.2. The maximum atomic E-state index is 14.0. The molecule has 5 nitrogen and oxygen atoms in total. The fraction of sp³-hybridized carbons (Fsp3) is 0.455. The van der Waals surface area contributed by atoms with Crippen molar-refractivity contribution in [2.24, 2.45) is 0 Å². The van der Waals surface area contributed by atoms with Gasteiger partial charge in [0.15, 0.2) is 0 Å². The van der Waals surface area contributed by atoms with Crippen molar-refractivity contribution < 1.29 is 18.7 Å². The second-order valence-corrected chi connectivity index (χ2v) is 12.1. The number of benzene rings is 2. The second-order valence-electron chi connectivity index (χ2n) is 12.1. The van der Waals surface area contributed by atoms with Gasteiger partial charge >= 0.3 is 0 Å². The fourth-order valence-electron chi connectivity index (χ4n) is 5.66. The van der Waals surface area contributed by atoms with Crippen molar-refractivity contribution in [1.82, 2.24) is 15.6 Å². The molecule has 1 aliphatic carbocycles. The maximum Gasteiger partial charge on any atom is 0.224 e. The summed E-state index contributed by atoms with van der Waals surface area (Å²) in [6, 6.07) is 14.8. The van der Waals surface area contributed by atoms with Crippen LogP contribution in [0, 0.1) is 11.6 Å². The van der Waals surface area contributed by atoms with E-state index in [-0.39, 0.29) is 36.2 Å². The molecule has 1 heterocycles. The molecule has 1 amide bonds. The monoisotopic (exact) mass is 549 g/mol. The average molecular weight is 550 g/mol. The van der Waals surface area contributed by atoms with E-state index in [1.54, 1.807) is 24.5 Å². The number of aliphatic hydroxyl groups is 1. The SMILES string of the molecule is CC(C)(C)c1cccc(C2(NCC(O)C(Cc3cc(F)cc(F)c3)NC(=O)Cc3ccncc3)CCCCC2)c1. The zero-order chi connectivity index (χ0) is 28.8. The van der Waals surface area contributed by atoms with E-state index in [0.717, 1.165) is 37.3 Å². The number of nitrogens with one attached hydrogen (secondary N) is 2. The Hall–Kier alpha value is -3.16. The molecule has 3 aromatic rings. The van der Waals surface area contributed by atoms with Crippen LogP contribution >= 0.6 is 0 Å². The number of aromatic nitrogens is 1. The van der Waals surface area contributed by atoms with E-state index in [9.17, 15) is 18.7 Å². The number of carbonyl (C=O) groups excluding carboxylic acids is 1. The van der Waals surface area contributed by atoms with Crippen LogP contribution in [0.1, 0.15) is 75.1 Å². The number of pyridine rings is 1. The maximum absolute atomic E-state index is 14.0. The molecule has 2 unspecified atom stereocenters. The summed E-state index contributed by atoms with van der Waals surface area (Å²) in [5.74, 6) is -1.66. The van der Waals surface area contributed by atoms with Crippen molar-refractivity contribution in [2.45, 2.75) is 88.8 Å². The van der Waals surface area contributed by atoms with Crippen molar-refractivity contribution in [2.75, 3.05) is 6.54 Å². The quantitative estimate of drug-likeness (QED) is 0.302. The van der Waals surface area contributed by atoms with Gasteiger partial charge in [-0.1, -0.05) is 64.3 Å². The minimum Gasteiger partial charge on any atom is -0.390 e. The summed E-state index contributed by atoms with van der Waals surface area (Å²) in [5.41, 5.74) is 3.34. The molecule has 2 atom stereocenters. The van der Waals surface area contributed by atoms with Gasteiger partial charge in [-0.05, 0) is 71.2 Å². The molecule has 0 aliphatic heterocycles. The number of hydrogen-bond acceptors (Lipinski definition) is 4. The molecule has 1 saturated carbocycles. The van der Waals surface area contributed by atoms with Gasteiger partial charge in [-0.2, -0.15) is 0 Å². The van der Waals surface area contributed by atoms with E-state index in [2.05, 4.69) is 60.7 Å². The second kappa shape index (κ2) is 13.0. The molecular weight excluding hydrogens is 508 g/mol. The highest BCUT2D eigenvalue weighted by Crippen LogP contribution is 2.38. The van der Waals surface area contributed by atoms with Gasteiger partial charge in [0.2, 0.25) is 5.91 Å². The molecule has 1 aromatic heterocycles. The summed E-state index contributed by atoms with van der Waals surface area (Å²) < 4.78 is 27.9. The summed E-state index contributed by atoms with van der Waals surface area (Å²) >= 11 is 0. The minimum atomic E-state index is -0.989. The Kier molecular flexibility index (Phi) is 9.69. The summed E-state index contributed by atoms with van der Waals surface area (Å²) in [7, 11) is 0. The third-order valence-corrected chi connectivity index (χ3v) is 7.94. The van der Waals surface area contributed by atoms with Gasteiger partial charge in [-0.15, -0.1) is 0 Å². The minimum absolute atomic E-state index is 0.00973. The fourth-order valence-corrected chi connectivity index (χ4v) is 5.66. The third kappa shape index (κ3) is 7.95. The lowest BCUT2D eigenvalue weighted by Crippen LogP contribution is -2.53. The Labute approximate surface area is 236 Å². The number of carbonyl (C=O) groups is 1. The van der Waals surface area contributed by atoms with Gasteiger partial charge in [0.25, 0.3) is 0 Å². The van der Waals surface area contributed by atoms with Gasteiger partial charge < -0.3 is 15.7 Å². The number of rotatable bonds is 10. The van der Waals surface area contributed by atoms with Crippen molar-refractivity contribution >= 4 is 5.91 Å². The molecule has 0 radical (unpaired) electrons. The summed E-state index contributed by atoms with van der Waals surface area (Å²) in [6.07, 6.45) is 7.67. The van der Waals surface area contributed by atoms with Gasteiger partial charge in [-0.25, -0.2) is 8.78 Å². The average Bonchev–Trinajstić information content (AvgIpc) is 2.91. The van der Waals surface area contributed by atoms with Crippen LogP contribution in [0.5, 0.6) is 0 Å². The van der Waals surface area contributed by atoms with E-state index in [4.69, 9.17) is 0 Å². The third-order valence-electron chi connectivity index (χ3n) is 7.94. The van der Waals surface area contributed by atoms with E-state index in [0.29, 0.717) is 5.56 Å². The smallest absolute Gasteiger partial charge is 0.224 e. The van der Waals surface area contributed by atoms with Crippen molar-refractivity contribution in [3.05, 3.63) is 101 Å². The van der Waals surface area contributed by atoms with Crippen molar-refractivity contribution in [1.29, 1.82) is 0 Å². The van der Waals surface area contributed by atoms with Crippen LogP contribution in [0.4, 0.5) is 8.78 Å². The molecule has 2 aromatic carbocycles. The molecule has 7 heteroatoms. The van der Waals surface area contributed by atoms with Gasteiger partial charge in [0.1, 0.15) is 11.6 Å². The van der Waals surface area contributed by atoms with Crippen LogP contribution in [0.25, 0.3) is 0 Å². The van der Waals surface area contributed by atoms with Crippen molar-refractivity contribution in [3.63, 3.8) is 0 Å². The molecule has 1 aliphatic rings. The number of halogens is 2. The molecule has 0 bridgehead atoms. The molecule has 4 rings (SSSR count). The summed E-state index contributed by atoms with van der Waals surface area (Å²) in [4.78, 5) is 16.9. The number of hydrogen-bond donors (Lipinski definition) is 3. The molecule has 1 fully saturated rings. The Balaban J connectivity index is 1.54. The van der Waals surface area contributed by atoms with Gasteiger partial charge in [0, 0.05) is 30.5 Å². The number of nitrogens with zero attached hydrogens (tertiary/aromatic N) is 1. The Bertz CT molecular complexity index is 1250. The normalized spacial score (nSPS) is 16.8. The van der Waals surface area contributed by atoms with Crippen LogP contribution in [0.2, 0.25) is 0 Å². The molecular formula is C33H41F2N3O2. The lowest BCUT2D eigenvalue weighted by Gasteiger charge is -2.41. The molecule has 0 spiro atoms. The first kappa shape index (κ1) is 29.8. The van der Waals surface area contributed by atoms with Crippen LogP contribution in [0.3, 0.4) is 0 Å². The van der Waals surface area contributed by atoms with E-state index >= 15 is 0 Å². The topological polar surface area (TPSA) is 74.2 Å². The predicted molar refractivity (Wildman–Crippen MR) is 154 cm³/mol. The number of aliphatic hydroxyl groups excluding tert-OH is 1. The van der Waals surface area contributed by atoms with E-state index < -0.39 is 23.8 Å². The Morgan fingerprint density at radius 2 is 1.65 bits per heavy atom. The van der Waals surface area contributed by atoms with Crippen molar-refractivity contribution in [3.8, 4) is 0 Å². The van der Waals surface area contributed by atoms with Gasteiger partial charge in [-0.3, -0.25) is 9.78 Å². The largest absolute Gasteiger partial charge is 0.390 e. The lowest BCUT2D eigenvalue weighted by atomic mass is 9.74. The summed E-state index contributed by atoms with van der Waals surface area (Å²) in [6.45, 7) is 6.82. The molecule has 3 N–H and O–H groups in total. The van der Waals surface area contributed by atoms with E-state index in [1.807, 2.05) is 0 Å². The first-order chi connectivity index (χ1) is 19.0. The molecule has 0 saturated heterocycles. The van der Waals surface area contributed by atoms with Crippen LogP contribution in [-0.4, -0.2) is 34.7 Å². The molecule has 214 valence electrons. The Morgan fingerprint density at radius 1 is 0.975 bits per heavy atom. The Morgan fingerprint density at radius 3 is 2.30 bits per heavy atom. The molecule has 40 heavy (non-hydrogen) atoms. The lowest BCUT2D eigenvalue weighted by molar-refractivity contribution is -0.122. The zero-order valence-corrected chi connectivity index (χ0v) is 23.7. The highest BCUT2D eigenvalue weighted by molar-refractivity contribution is 5.78. The highest BCUT2D eigenvalue weighted by Gasteiger charge is 2.35. The standard InChI is InChI=1S/C33H41F2N3O2/c1-32(2,3)25-8-7-9-26(20-25)33(12-5-4-6-13-33)37-22-30(39)29(18-24-16-27(34)21-28(35)17-24)38-31(40)19-23-10-14-36-15-11-23/h7-11,14-17,20-21,29-30,37,39H,4-6,12-13,18-19,22H2,1-3H3,(H,38,40). The van der Waals surface area contributed by atoms with Crippen LogP contribution in [0.15, 0.2) is 67.0 Å².